The summed E-state index contributed by atoms with van der Waals surface area (Å²) in [6.07, 6.45) is 7.30. The van der Waals surface area contributed by atoms with Gasteiger partial charge in [0.25, 0.3) is 0 Å². The van der Waals surface area contributed by atoms with Crippen LogP contribution in [0.5, 0.6) is 0 Å². The number of rotatable bonds is 4. The summed E-state index contributed by atoms with van der Waals surface area (Å²) >= 11 is 2.01. The highest BCUT2D eigenvalue weighted by Gasteiger charge is 2.22. The lowest BCUT2D eigenvalue weighted by Gasteiger charge is -2.10. The number of hydrogen-bond donors (Lipinski definition) is 1. The second kappa shape index (κ2) is 6.34. The molecule has 2 unspecified atom stereocenters. The largest absolute Gasteiger partial charge is 0.313 e. The molecule has 1 aliphatic rings. The molecule has 0 saturated heterocycles. The monoisotopic (exact) mass is 197 g/mol. The van der Waals surface area contributed by atoms with Crippen LogP contribution in [0.1, 0.15) is 32.6 Å². The number of nitrogens with one attached hydrogen (secondary N) is 1. The van der Waals surface area contributed by atoms with Crippen LogP contribution in [0.3, 0.4) is 0 Å². The molecular weight excluding hydrogens is 178 g/mol. The second-order valence-corrected chi connectivity index (χ2v) is 4.64. The molecule has 74 valence electrons. The normalized spacial score (nSPS) is 26.9. The number of thioether (sulfide) groups is 1. The van der Waals surface area contributed by atoms with Crippen LogP contribution in [0.15, 0.2) is 0 Å². The summed E-state index contributed by atoms with van der Waals surface area (Å²) in [5.74, 6) is 6.00. The average molecular weight is 197 g/mol. The quantitative estimate of drug-likeness (QED) is 0.548. The van der Waals surface area contributed by atoms with Gasteiger partial charge in [-0.05, 0) is 32.4 Å². The Kier molecular flexibility index (Phi) is 5.34. The molecule has 0 aliphatic heterocycles. The first-order chi connectivity index (χ1) is 6.36. The first-order valence-electron chi connectivity index (χ1n) is 5.02. The SMILES string of the molecule is CC#CCCNC1CCC(SC)C1. The standard InChI is InChI=1S/C11H19NS/c1-3-4-5-8-12-10-6-7-11(9-10)13-2/h10-12H,5-9H2,1-2H3. The summed E-state index contributed by atoms with van der Waals surface area (Å²) < 4.78 is 0. The van der Waals surface area contributed by atoms with E-state index in [4.69, 9.17) is 0 Å². The lowest BCUT2D eigenvalue weighted by Crippen LogP contribution is -2.27. The Balaban J connectivity index is 2.05. The first-order valence-corrected chi connectivity index (χ1v) is 6.31. The Morgan fingerprint density at radius 1 is 1.46 bits per heavy atom. The van der Waals surface area contributed by atoms with Crippen molar-refractivity contribution in [3.63, 3.8) is 0 Å². The molecule has 0 radical (unpaired) electrons. The highest BCUT2D eigenvalue weighted by molar-refractivity contribution is 7.99. The van der Waals surface area contributed by atoms with Gasteiger partial charge in [-0.1, -0.05) is 0 Å². The van der Waals surface area contributed by atoms with Crippen molar-refractivity contribution >= 4 is 11.8 Å². The van der Waals surface area contributed by atoms with Crippen LogP contribution in [0, 0.1) is 11.8 Å². The minimum absolute atomic E-state index is 0.760. The smallest absolute Gasteiger partial charge is 0.0214 e. The third kappa shape index (κ3) is 4.06. The molecule has 2 heteroatoms. The maximum atomic E-state index is 3.56. The van der Waals surface area contributed by atoms with Gasteiger partial charge in [-0.3, -0.25) is 0 Å². The van der Waals surface area contributed by atoms with Crippen molar-refractivity contribution in [1.82, 2.24) is 5.32 Å². The summed E-state index contributed by atoms with van der Waals surface area (Å²) in [7, 11) is 0. The van der Waals surface area contributed by atoms with Crippen LogP contribution in [0.4, 0.5) is 0 Å². The Bertz CT molecular complexity index is 192. The van der Waals surface area contributed by atoms with E-state index in [9.17, 15) is 0 Å². The Hall–Kier alpha value is -0.130. The Morgan fingerprint density at radius 2 is 2.31 bits per heavy atom. The predicted molar refractivity (Wildman–Crippen MR) is 61.0 cm³/mol. The second-order valence-electron chi connectivity index (χ2n) is 3.50. The Labute approximate surface area is 86.1 Å². The summed E-state index contributed by atoms with van der Waals surface area (Å²) in [5, 5.41) is 4.46. The average Bonchev–Trinajstić information content (AvgIpc) is 2.60. The highest BCUT2D eigenvalue weighted by atomic mass is 32.2. The minimum atomic E-state index is 0.760. The van der Waals surface area contributed by atoms with E-state index < -0.39 is 0 Å². The lowest BCUT2D eigenvalue weighted by molar-refractivity contribution is 0.533. The molecule has 0 amide bonds. The summed E-state index contributed by atoms with van der Waals surface area (Å²) in [5.41, 5.74) is 0. The summed E-state index contributed by atoms with van der Waals surface area (Å²) in [4.78, 5) is 0. The van der Waals surface area contributed by atoms with Gasteiger partial charge < -0.3 is 5.32 Å². The minimum Gasteiger partial charge on any atom is -0.313 e. The van der Waals surface area contributed by atoms with Crippen LogP contribution < -0.4 is 5.32 Å². The fraction of sp³-hybridized carbons (Fsp3) is 0.818. The third-order valence-corrected chi connectivity index (χ3v) is 3.67. The summed E-state index contributed by atoms with van der Waals surface area (Å²) in [6.45, 7) is 2.96. The molecule has 1 N–H and O–H groups in total. The lowest BCUT2D eigenvalue weighted by atomic mass is 10.2. The van der Waals surface area contributed by atoms with Gasteiger partial charge in [-0.15, -0.1) is 11.8 Å². The predicted octanol–water partition coefficient (Wildman–Crippen LogP) is 2.27. The molecule has 1 fully saturated rings. The fourth-order valence-electron chi connectivity index (χ4n) is 1.80. The molecular formula is C11H19NS. The van der Waals surface area contributed by atoms with Gasteiger partial charge in [0, 0.05) is 24.3 Å². The molecule has 0 aromatic rings. The van der Waals surface area contributed by atoms with Crippen molar-refractivity contribution in [3.05, 3.63) is 0 Å². The van der Waals surface area contributed by atoms with E-state index in [1.165, 1.54) is 19.3 Å². The van der Waals surface area contributed by atoms with Crippen molar-refractivity contribution in [1.29, 1.82) is 0 Å². The van der Waals surface area contributed by atoms with E-state index in [2.05, 4.69) is 23.4 Å². The molecule has 1 nitrogen and oxygen atoms in total. The van der Waals surface area contributed by atoms with Crippen molar-refractivity contribution in [2.24, 2.45) is 0 Å². The van der Waals surface area contributed by atoms with E-state index in [-0.39, 0.29) is 0 Å². The van der Waals surface area contributed by atoms with E-state index in [0.29, 0.717) is 0 Å². The molecule has 0 spiro atoms. The first kappa shape index (κ1) is 10.9. The summed E-state index contributed by atoms with van der Waals surface area (Å²) in [6, 6.07) is 0.760. The van der Waals surface area contributed by atoms with Gasteiger partial charge in [0.2, 0.25) is 0 Å². The topological polar surface area (TPSA) is 12.0 Å². The van der Waals surface area contributed by atoms with Crippen LogP contribution in [0.25, 0.3) is 0 Å². The van der Waals surface area contributed by atoms with Crippen LogP contribution in [-0.2, 0) is 0 Å². The molecule has 0 heterocycles. The molecule has 1 rings (SSSR count). The van der Waals surface area contributed by atoms with E-state index in [0.717, 1.165) is 24.3 Å². The van der Waals surface area contributed by atoms with Gasteiger partial charge in [0.15, 0.2) is 0 Å². The molecule has 13 heavy (non-hydrogen) atoms. The highest BCUT2D eigenvalue weighted by Crippen LogP contribution is 2.27. The maximum Gasteiger partial charge on any atom is 0.0214 e. The molecule has 0 aromatic carbocycles. The van der Waals surface area contributed by atoms with Gasteiger partial charge in [-0.2, -0.15) is 11.8 Å². The van der Waals surface area contributed by atoms with Crippen LogP contribution >= 0.6 is 11.8 Å². The molecule has 0 bridgehead atoms. The Morgan fingerprint density at radius 3 is 2.92 bits per heavy atom. The molecule has 2 atom stereocenters. The maximum absolute atomic E-state index is 3.56. The van der Waals surface area contributed by atoms with Gasteiger partial charge in [0.05, 0.1) is 0 Å². The van der Waals surface area contributed by atoms with Gasteiger partial charge in [-0.25, -0.2) is 0 Å². The van der Waals surface area contributed by atoms with Crippen molar-refractivity contribution in [2.75, 3.05) is 12.8 Å². The fourth-order valence-corrected chi connectivity index (χ4v) is 2.60. The van der Waals surface area contributed by atoms with Crippen LogP contribution in [0.2, 0.25) is 0 Å². The van der Waals surface area contributed by atoms with E-state index in [1.807, 2.05) is 18.7 Å². The van der Waals surface area contributed by atoms with E-state index >= 15 is 0 Å². The van der Waals surface area contributed by atoms with E-state index in [1.54, 1.807) is 0 Å². The number of hydrogen-bond acceptors (Lipinski definition) is 2. The third-order valence-electron chi connectivity index (χ3n) is 2.58. The van der Waals surface area contributed by atoms with Crippen molar-refractivity contribution < 1.29 is 0 Å². The zero-order chi connectivity index (χ0) is 9.52. The molecule has 1 aliphatic carbocycles. The zero-order valence-electron chi connectivity index (χ0n) is 8.60. The molecule has 1 saturated carbocycles. The molecule has 0 aromatic heterocycles. The van der Waals surface area contributed by atoms with Crippen molar-refractivity contribution in [2.45, 2.75) is 43.9 Å². The van der Waals surface area contributed by atoms with Crippen molar-refractivity contribution in [3.8, 4) is 11.8 Å². The van der Waals surface area contributed by atoms with Gasteiger partial charge in [0.1, 0.15) is 0 Å². The van der Waals surface area contributed by atoms with Gasteiger partial charge >= 0.3 is 0 Å². The van der Waals surface area contributed by atoms with Crippen LogP contribution in [-0.4, -0.2) is 24.1 Å². The zero-order valence-corrected chi connectivity index (χ0v) is 9.41.